The fourth-order valence-corrected chi connectivity index (χ4v) is 2.53. The summed E-state index contributed by atoms with van der Waals surface area (Å²) in [5.41, 5.74) is 7.50. The second-order valence-electron chi connectivity index (χ2n) is 4.88. The molecule has 0 spiro atoms. The van der Waals surface area contributed by atoms with Crippen LogP contribution in [0, 0.1) is 5.92 Å². The number of rotatable bonds is 3. The fourth-order valence-electron chi connectivity index (χ4n) is 2.53. The Morgan fingerprint density at radius 2 is 2.05 bits per heavy atom. The molecule has 1 atom stereocenters. The Balaban J connectivity index is 2.02. The summed E-state index contributed by atoms with van der Waals surface area (Å²) in [6.07, 6.45) is 1.11. The van der Waals surface area contributed by atoms with E-state index in [1.54, 1.807) is 7.11 Å². The third-order valence-corrected chi connectivity index (χ3v) is 3.63. The van der Waals surface area contributed by atoms with Crippen molar-refractivity contribution in [1.29, 1.82) is 0 Å². The van der Waals surface area contributed by atoms with Gasteiger partial charge < -0.3 is 15.4 Å². The molecule has 2 aromatic rings. The minimum Gasteiger partial charge on any atom is -0.478 e. The van der Waals surface area contributed by atoms with E-state index in [4.69, 9.17) is 15.5 Å². The normalized spacial score (nSPS) is 19.1. The highest BCUT2D eigenvalue weighted by Gasteiger charge is 2.25. The second-order valence-corrected chi connectivity index (χ2v) is 4.88. The molecule has 2 heterocycles. The number of aromatic nitrogens is 2. The van der Waals surface area contributed by atoms with Gasteiger partial charge in [0, 0.05) is 13.1 Å². The third-order valence-electron chi connectivity index (χ3n) is 3.63. The Labute approximate surface area is 112 Å². The lowest BCUT2D eigenvalue weighted by Gasteiger charge is -2.19. The highest BCUT2D eigenvalue weighted by Crippen LogP contribution is 2.30. The standard InChI is InChI=1S/C14H18N4O/c1-19-14-13(18-7-6-10(8-15)9-18)16-11-4-2-3-5-12(11)17-14/h2-5,10H,6-9,15H2,1H3/t10-/m0/s1. The van der Waals surface area contributed by atoms with E-state index in [1.165, 1.54) is 0 Å². The van der Waals surface area contributed by atoms with Gasteiger partial charge in [-0.25, -0.2) is 9.97 Å². The van der Waals surface area contributed by atoms with Crippen LogP contribution >= 0.6 is 0 Å². The van der Waals surface area contributed by atoms with Gasteiger partial charge in [-0.3, -0.25) is 0 Å². The summed E-state index contributed by atoms with van der Waals surface area (Å²) in [7, 11) is 1.64. The smallest absolute Gasteiger partial charge is 0.257 e. The van der Waals surface area contributed by atoms with Crippen molar-refractivity contribution < 1.29 is 4.74 Å². The van der Waals surface area contributed by atoms with Crippen molar-refractivity contribution in [3.05, 3.63) is 24.3 Å². The molecule has 1 aromatic heterocycles. The Morgan fingerprint density at radius 1 is 1.32 bits per heavy atom. The lowest BCUT2D eigenvalue weighted by molar-refractivity contribution is 0.398. The Morgan fingerprint density at radius 3 is 2.68 bits per heavy atom. The molecule has 0 saturated carbocycles. The summed E-state index contributed by atoms with van der Waals surface area (Å²) in [6, 6.07) is 7.85. The maximum atomic E-state index is 5.74. The molecule has 1 aromatic carbocycles. The molecule has 5 nitrogen and oxygen atoms in total. The summed E-state index contributed by atoms with van der Waals surface area (Å²) in [6.45, 7) is 2.62. The zero-order valence-corrected chi connectivity index (χ0v) is 11.0. The van der Waals surface area contributed by atoms with Gasteiger partial charge >= 0.3 is 0 Å². The van der Waals surface area contributed by atoms with Gasteiger partial charge in [-0.2, -0.15) is 0 Å². The number of ether oxygens (including phenoxy) is 1. The monoisotopic (exact) mass is 258 g/mol. The largest absolute Gasteiger partial charge is 0.478 e. The quantitative estimate of drug-likeness (QED) is 0.902. The summed E-state index contributed by atoms with van der Waals surface area (Å²) in [5, 5.41) is 0. The van der Waals surface area contributed by atoms with Crippen molar-refractivity contribution in [3.8, 4) is 5.88 Å². The number of anilines is 1. The summed E-state index contributed by atoms with van der Waals surface area (Å²) in [4.78, 5) is 11.4. The van der Waals surface area contributed by atoms with Crippen LogP contribution in [0.3, 0.4) is 0 Å². The molecule has 19 heavy (non-hydrogen) atoms. The van der Waals surface area contributed by atoms with Gasteiger partial charge in [0.05, 0.1) is 18.1 Å². The predicted octanol–water partition coefficient (Wildman–Crippen LogP) is 1.42. The minimum absolute atomic E-state index is 0.540. The highest BCUT2D eigenvalue weighted by molar-refractivity contribution is 5.77. The number of fused-ring (bicyclic) bond motifs is 1. The van der Waals surface area contributed by atoms with Gasteiger partial charge in [-0.05, 0) is 31.0 Å². The van der Waals surface area contributed by atoms with E-state index in [2.05, 4.69) is 9.88 Å². The SMILES string of the molecule is COc1nc2ccccc2nc1N1CC[C@@H](CN)C1. The first-order chi connectivity index (χ1) is 9.31. The van der Waals surface area contributed by atoms with Crippen LogP contribution in [0.25, 0.3) is 11.0 Å². The Hall–Kier alpha value is -1.88. The van der Waals surface area contributed by atoms with Crippen LogP contribution in [-0.2, 0) is 0 Å². The molecule has 1 aliphatic heterocycles. The second kappa shape index (κ2) is 5.01. The Kier molecular flexibility index (Phi) is 3.21. The number of benzene rings is 1. The number of hydrogen-bond acceptors (Lipinski definition) is 5. The molecule has 0 amide bonds. The molecular weight excluding hydrogens is 240 g/mol. The van der Waals surface area contributed by atoms with Crippen LogP contribution in [0.1, 0.15) is 6.42 Å². The topological polar surface area (TPSA) is 64.3 Å². The number of nitrogens with zero attached hydrogens (tertiary/aromatic N) is 3. The zero-order chi connectivity index (χ0) is 13.2. The lowest BCUT2D eigenvalue weighted by atomic mass is 10.1. The number of nitrogens with two attached hydrogens (primary N) is 1. The van der Waals surface area contributed by atoms with Crippen LogP contribution in [0.15, 0.2) is 24.3 Å². The first-order valence-corrected chi connectivity index (χ1v) is 6.57. The molecular formula is C14H18N4O. The Bertz CT molecular complexity index is 587. The molecule has 3 rings (SSSR count). The molecule has 100 valence electrons. The molecule has 0 radical (unpaired) electrons. The number of methoxy groups -OCH3 is 1. The molecule has 0 unspecified atom stereocenters. The van der Waals surface area contributed by atoms with Crippen LogP contribution in [0.2, 0.25) is 0 Å². The molecule has 0 bridgehead atoms. The van der Waals surface area contributed by atoms with E-state index in [-0.39, 0.29) is 0 Å². The van der Waals surface area contributed by atoms with Gasteiger partial charge in [0.1, 0.15) is 0 Å². The third kappa shape index (κ3) is 2.21. The fraction of sp³-hybridized carbons (Fsp3) is 0.429. The summed E-state index contributed by atoms with van der Waals surface area (Å²) in [5.74, 6) is 1.96. The van der Waals surface area contributed by atoms with Crippen LogP contribution in [-0.4, -0.2) is 36.7 Å². The maximum absolute atomic E-state index is 5.74. The van der Waals surface area contributed by atoms with Crippen LogP contribution < -0.4 is 15.4 Å². The number of hydrogen-bond donors (Lipinski definition) is 1. The predicted molar refractivity (Wildman–Crippen MR) is 75.5 cm³/mol. The van der Waals surface area contributed by atoms with Gasteiger partial charge in [-0.15, -0.1) is 0 Å². The van der Waals surface area contributed by atoms with E-state index in [0.717, 1.165) is 42.9 Å². The van der Waals surface area contributed by atoms with E-state index in [1.807, 2.05) is 24.3 Å². The molecule has 1 aliphatic rings. The first-order valence-electron chi connectivity index (χ1n) is 6.57. The van der Waals surface area contributed by atoms with E-state index < -0.39 is 0 Å². The zero-order valence-electron chi connectivity index (χ0n) is 11.0. The van der Waals surface area contributed by atoms with E-state index >= 15 is 0 Å². The van der Waals surface area contributed by atoms with Crippen molar-refractivity contribution in [3.63, 3.8) is 0 Å². The first kappa shape index (κ1) is 12.2. The van der Waals surface area contributed by atoms with Gasteiger partial charge in [-0.1, -0.05) is 12.1 Å². The summed E-state index contributed by atoms with van der Waals surface area (Å²) >= 11 is 0. The number of para-hydroxylation sites is 2. The molecule has 5 heteroatoms. The molecule has 2 N–H and O–H groups in total. The molecule has 0 aliphatic carbocycles. The average Bonchev–Trinajstić information content (AvgIpc) is 2.94. The summed E-state index contributed by atoms with van der Waals surface area (Å²) < 4.78 is 5.39. The van der Waals surface area contributed by atoms with E-state index in [9.17, 15) is 0 Å². The van der Waals surface area contributed by atoms with Gasteiger partial charge in [0.15, 0.2) is 5.82 Å². The van der Waals surface area contributed by atoms with Crippen molar-refractivity contribution in [2.45, 2.75) is 6.42 Å². The van der Waals surface area contributed by atoms with Crippen molar-refractivity contribution in [1.82, 2.24) is 9.97 Å². The molecule has 1 saturated heterocycles. The van der Waals surface area contributed by atoms with E-state index in [0.29, 0.717) is 11.8 Å². The lowest BCUT2D eigenvalue weighted by Crippen LogP contribution is -2.24. The highest BCUT2D eigenvalue weighted by atomic mass is 16.5. The van der Waals surface area contributed by atoms with Gasteiger partial charge in [0.2, 0.25) is 0 Å². The maximum Gasteiger partial charge on any atom is 0.257 e. The van der Waals surface area contributed by atoms with Crippen molar-refractivity contribution >= 4 is 16.9 Å². The average molecular weight is 258 g/mol. The van der Waals surface area contributed by atoms with Gasteiger partial charge in [0.25, 0.3) is 5.88 Å². The molecule has 1 fully saturated rings. The van der Waals surface area contributed by atoms with Crippen molar-refractivity contribution in [2.75, 3.05) is 31.6 Å². The minimum atomic E-state index is 0.540. The van der Waals surface area contributed by atoms with Crippen LogP contribution in [0.5, 0.6) is 5.88 Å². The van der Waals surface area contributed by atoms with Crippen LogP contribution in [0.4, 0.5) is 5.82 Å². The van der Waals surface area contributed by atoms with Crippen molar-refractivity contribution in [2.24, 2.45) is 11.7 Å².